The van der Waals surface area contributed by atoms with Gasteiger partial charge in [-0.3, -0.25) is 9.69 Å². The summed E-state index contributed by atoms with van der Waals surface area (Å²) in [5.41, 5.74) is 5.33. The molecule has 0 aliphatic heterocycles. The summed E-state index contributed by atoms with van der Waals surface area (Å²) in [4.78, 5) is 13.7. The smallest absolute Gasteiger partial charge is 0.220 e. The molecule has 4 nitrogen and oxygen atoms in total. The number of nitrogens with zero attached hydrogens (tertiary/aromatic N) is 1. The third kappa shape index (κ3) is 8.66. The Labute approximate surface area is 117 Å². The van der Waals surface area contributed by atoms with E-state index in [-0.39, 0.29) is 30.7 Å². The first-order valence-corrected chi connectivity index (χ1v) is 5.98. The molecule has 0 aromatic rings. The van der Waals surface area contributed by atoms with Gasteiger partial charge in [0.15, 0.2) is 0 Å². The highest BCUT2D eigenvalue weighted by molar-refractivity contribution is 5.85. The Morgan fingerprint density at radius 3 is 2.53 bits per heavy atom. The van der Waals surface area contributed by atoms with Crippen molar-refractivity contribution in [3.8, 4) is 0 Å². The second kappa shape index (κ2) is 11.1. The van der Waals surface area contributed by atoms with Crippen LogP contribution in [0.5, 0.6) is 0 Å². The van der Waals surface area contributed by atoms with Crippen LogP contribution in [0.25, 0.3) is 0 Å². The van der Waals surface area contributed by atoms with Crippen LogP contribution in [0.4, 0.5) is 0 Å². The fraction of sp³-hybridized carbons (Fsp3) is 0.909. The lowest BCUT2D eigenvalue weighted by Gasteiger charge is -2.19. The first-order chi connectivity index (χ1) is 7.27. The van der Waals surface area contributed by atoms with Crippen LogP contribution >= 0.6 is 24.8 Å². The summed E-state index contributed by atoms with van der Waals surface area (Å²) in [7, 11) is 0. The van der Waals surface area contributed by atoms with Crippen molar-refractivity contribution in [2.24, 2.45) is 5.73 Å². The highest BCUT2D eigenvalue weighted by Gasteiger charge is 2.27. The van der Waals surface area contributed by atoms with Gasteiger partial charge in [0.05, 0.1) is 0 Å². The fourth-order valence-electron chi connectivity index (χ4n) is 1.73. The number of rotatable bonds is 8. The predicted octanol–water partition coefficient (Wildman–Crippen LogP) is 1.17. The van der Waals surface area contributed by atoms with Crippen molar-refractivity contribution in [3.05, 3.63) is 0 Å². The van der Waals surface area contributed by atoms with Crippen LogP contribution in [-0.4, -0.2) is 43.0 Å². The maximum Gasteiger partial charge on any atom is 0.220 e. The maximum atomic E-state index is 11.3. The van der Waals surface area contributed by atoms with Crippen molar-refractivity contribution < 1.29 is 4.79 Å². The molecule has 104 valence electrons. The van der Waals surface area contributed by atoms with Crippen LogP contribution in [0.15, 0.2) is 0 Å². The summed E-state index contributed by atoms with van der Waals surface area (Å²) in [6.07, 6.45) is 4.00. The van der Waals surface area contributed by atoms with Crippen molar-refractivity contribution in [1.29, 1.82) is 0 Å². The quantitative estimate of drug-likeness (QED) is 0.704. The molecule has 1 aliphatic rings. The van der Waals surface area contributed by atoms with Crippen LogP contribution in [0.1, 0.15) is 32.6 Å². The highest BCUT2D eigenvalue weighted by atomic mass is 35.5. The van der Waals surface area contributed by atoms with E-state index < -0.39 is 0 Å². The third-order valence-electron chi connectivity index (χ3n) is 2.80. The molecule has 1 saturated carbocycles. The summed E-state index contributed by atoms with van der Waals surface area (Å²) in [5, 5.41) is 2.93. The Bertz CT molecular complexity index is 201. The van der Waals surface area contributed by atoms with Crippen LogP contribution in [0.3, 0.4) is 0 Å². The van der Waals surface area contributed by atoms with Gasteiger partial charge in [-0.05, 0) is 32.4 Å². The fourth-order valence-corrected chi connectivity index (χ4v) is 1.73. The van der Waals surface area contributed by atoms with Crippen molar-refractivity contribution in [3.63, 3.8) is 0 Å². The van der Waals surface area contributed by atoms with E-state index in [2.05, 4.69) is 17.1 Å². The molecule has 1 aliphatic carbocycles. The molecule has 0 atom stereocenters. The Kier molecular flexibility index (Phi) is 12.6. The highest BCUT2D eigenvalue weighted by Crippen LogP contribution is 2.25. The number of halogens is 2. The first kappa shape index (κ1) is 19.3. The standard InChI is InChI=1S/C11H23N3O.2ClH/c1-2-14(10-5-6-10)9-8-13-11(15)4-3-7-12;;/h10H,2-9,12H2,1H3,(H,13,15);2*1H. The van der Waals surface area contributed by atoms with E-state index in [1.165, 1.54) is 12.8 Å². The second-order valence-corrected chi connectivity index (χ2v) is 4.10. The zero-order valence-corrected chi connectivity index (χ0v) is 12.1. The molecule has 0 spiro atoms. The van der Waals surface area contributed by atoms with Gasteiger partial charge < -0.3 is 11.1 Å². The minimum atomic E-state index is 0. The SMILES string of the molecule is CCN(CCNC(=O)CCCN)C1CC1.Cl.Cl. The number of likely N-dealkylation sites (N-methyl/N-ethyl adjacent to an activating group) is 1. The topological polar surface area (TPSA) is 58.4 Å². The molecule has 0 saturated heterocycles. The van der Waals surface area contributed by atoms with Gasteiger partial charge in [0.25, 0.3) is 0 Å². The van der Waals surface area contributed by atoms with Gasteiger partial charge in [0, 0.05) is 25.6 Å². The van der Waals surface area contributed by atoms with E-state index >= 15 is 0 Å². The van der Waals surface area contributed by atoms with Gasteiger partial charge in [-0.25, -0.2) is 0 Å². The lowest BCUT2D eigenvalue weighted by atomic mass is 10.3. The number of carbonyl (C=O) groups excluding carboxylic acids is 1. The van der Waals surface area contributed by atoms with E-state index in [1.54, 1.807) is 0 Å². The number of carbonyl (C=O) groups is 1. The molecule has 3 N–H and O–H groups in total. The average molecular weight is 286 g/mol. The first-order valence-electron chi connectivity index (χ1n) is 5.98. The molecule has 17 heavy (non-hydrogen) atoms. The lowest BCUT2D eigenvalue weighted by Crippen LogP contribution is -2.36. The molecule has 0 heterocycles. The van der Waals surface area contributed by atoms with Crippen molar-refractivity contribution in [1.82, 2.24) is 10.2 Å². The summed E-state index contributed by atoms with van der Waals surface area (Å²) in [6, 6.07) is 0.788. The molecule has 1 amide bonds. The van der Waals surface area contributed by atoms with Gasteiger partial charge in [-0.1, -0.05) is 6.92 Å². The van der Waals surface area contributed by atoms with Crippen molar-refractivity contribution in [2.75, 3.05) is 26.2 Å². The maximum absolute atomic E-state index is 11.3. The van der Waals surface area contributed by atoms with Gasteiger partial charge in [-0.15, -0.1) is 24.8 Å². The van der Waals surface area contributed by atoms with E-state index in [9.17, 15) is 4.79 Å². The molecule has 0 aromatic carbocycles. The molecular formula is C11H25Cl2N3O. The van der Waals surface area contributed by atoms with Crippen LogP contribution in [-0.2, 0) is 4.79 Å². The lowest BCUT2D eigenvalue weighted by molar-refractivity contribution is -0.121. The second-order valence-electron chi connectivity index (χ2n) is 4.10. The van der Waals surface area contributed by atoms with Crippen molar-refractivity contribution >= 4 is 30.7 Å². The summed E-state index contributed by atoms with van der Waals surface area (Å²) < 4.78 is 0. The van der Waals surface area contributed by atoms with Gasteiger partial charge >= 0.3 is 0 Å². The van der Waals surface area contributed by atoms with Gasteiger partial charge in [0.2, 0.25) is 5.91 Å². The number of hydrogen-bond donors (Lipinski definition) is 2. The summed E-state index contributed by atoms with van der Waals surface area (Å²) in [5.74, 6) is 0.132. The zero-order valence-electron chi connectivity index (χ0n) is 10.5. The van der Waals surface area contributed by atoms with Crippen LogP contribution in [0, 0.1) is 0 Å². The molecule has 6 heteroatoms. The van der Waals surface area contributed by atoms with E-state index in [0.29, 0.717) is 13.0 Å². The largest absolute Gasteiger partial charge is 0.355 e. The van der Waals surface area contributed by atoms with Crippen molar-refractivity contribution in [2.45, 2.75) is 38.6 Å². The summed E-state index contributed by atoms with van der Waals surface area (Å²) in [6.45, 7) is 5.61. The summed E-state index contributed by atoms with van der Waals surface area (Å²) >= 11 is 0. The predicted molar refractivity (Wildman–Crippen MR) is 76.1 cm³/mol. The minimum absolute atomic E-state index is 0. The number of hydrogen-bond acceptors (Lipinski definition) is 3. The molecule has 0 bridgehead atoms. The molecule has 1 fully saturated rings. The molecule has 1 rings (SSSR count). The Morgan fingerprint density at radius 2 is 2.06 bits per heavy atom. The molecule has 0 radical (unpaired) electrons. The van der Waals surface area contributed by atoms with E-state index in [4.69, 9.17) is 5.73 Å². The molecule has 0 unspecified atom stereocenters. The Morgan fingerprint density at radius 1 is 1.41 bits per heavy atom. The van der Waals surface area contributed by atoms with E-state index in [0.717, 1.165) is 32.1 Å². The van der Waals surface area contributed by atoms with Crippen LogP contribution < -0.4 is 11.1 Å². The molecular weight excluding hydrogens is 261 g/mol. The van der Waals surface area contributed by atoms with E-state index in [1.807, 2.05) is 0 Å². The Balaban J connectivity index is 0. The van der Waals surface area contributed by atoms with Crippen LogP contribution in [0.2, 0.25) is 0 Å². The number of amides is 1. The monoisotopic (exact) mass is 285 g/mol. The Hall–Kier alpha value is -0.0300. The molecule has 0 aromatic heterocycles. The average Bonchev–Trinajstić information content (AvgIpc) is 3.05. The van der Waals surface area contributed by atoms with Gasteiger partial charge in [-0.2, -0.15) is 0 Å². The zero-order chi connectivity index (χ0) is 11.1. The normalized spacial score (nSPS) is 13.8. The van der Waals surface area contributed by atoms with Gasteiger partial charge in [0.1, 0.15) is 0 Å². The minimum Gasteiger partial charge on any atom is -0.355 e. The number of nitrogens with two attached hydrogens (primary N) is 1. The third-order valence-corrected chi connectivity index (χ3v) is 2.80. The number of nitrogens with one attached hydrogen (secondary N) is 1.